The van der Waals surface area contributed by atoms with Crippen molar-refractivity contribution in [2.75, 3.05) is 31.5 Å². The number of nitrogens with one attached hydrogen (secondary N) is 2. The zero-order valence-corrected chi connectivity index (χ0v) is 12.2. The molecule has 0 saturated carbocycles. The maximum atomic E-state index is 12.4. The van der Waals surface area contributed by atoms with E-state index in [1.54, 1.807) is 0 Å². The van der Waals surface area contributed by atoms with Gasteiger partial charge in [0, 0.05) is 12.2 Å². The highest BCUT2D eigenvalue weighted by Gasteiger charge is 2.29. The van der Waals surface area contributed by atoms with Crippen LogP contribution in [0.2, 0.25) is 0 Å². The van der Waals surface area contributed by atoms with Gasteiger partial charge < -0.3 is 15.5 Å². The fraction of sp³-hybridized carbons (Fsp3) is 0.533. The first-order chi connectivity index (χ1) is 10.4. The Morgan fingerprint density at radius 3 is 2.36 bits per heavy atom. The minimum absolute atomic E-state index is 0.338. The number of anilines is 1. The molecule has 1 saturated heterocycles. The molecule has 0 unspecified atom stereocenters. The van der Waals surface area contributed by atoms with Crippen LogP contribution in [0.15, 0.2) is 24.3 Å². The molecule has 122 valence electrons. The average Bonchev–Trinajstić information content (AvgIpc) is 2.96. The van der Waals surface area contributed by atoms with Crippen LogP contribution in [0.5, 0.6) is 0 Å². The molecular formula is C15H20F3N3O. The van der Waals surface area contributed by atoms with Crippen molar-refractivity contribution < 1.29 is 18.0 Å². The number of rotatable bonds is 5. The second-order valence-electron chi connectivity index (χ2n) is 5.36. The molecule has 2 N–H and O–H groups in total. The molecule has 1 aromatic rings. The largest absolute Gasteiger partial charge is 0.416 e. The fourth-order valence-corrected chi connectivity index (χ4v) is 2.43. The van der Waals surface area contributed by atoms with Gasteiger partial charge in [0.05, 0.1) is 5.56 Å². The molecule has 0 aromatic heterocycles. The number of likely N-dealkylation sites (tertiary alicyclic amines) is 1. The monoisotopic (exact) mass is 315 g/mol. The van der Waals surface area contributed by atoms with Crippen LogP contribution in [0.3, 0.4) is 0 Å². The van der Waals surface area contributed by atoms with Gasteiger partial charge in [0.1, 0.15) is 0 Å². The third kappa shape index (κ3) is 5.22. The molecule has 0 aliphatic carbocycles. The number of carbonyl (C=O) groups excluding carboxylic acids is 1. The van der Waals surface area contributed by atoms with Crippen LogP contribution in [-0.4, -0.2) is 37.1 Å². The molecule has 0 spiro atoms. The van der Waals surface area contributed by atoms with Gasteiger partial charge >= 0.3 is 12.2 Å². The Bertz CT molecular complexity index is 482. The fourth-order valence-electron chi connectivity index (χ4n) is 2.43. The lowest BCUT2D eigenvalue weighted by molar-refractivity contribution is -0.137. The van der Waals surface area contributed by atoms with Gasteiger partial charge in [-0.1, -0.05) is 0 Å². The van der Waals surface area contributed by atoms with Crippen molar-refractivity contribution in [1.82, 2.24) is 10.2 Å². The predicted octanol–water partition coefficient (Wildman–Crippen LogP) is 3.31. The minimum atomic E-state index is -4.36. The number of carbonyl (C=O) groups is 1. The van der Waals surface area contributed by atoms with E-state index in [1.807, 2.05) is 0 Å². The molecule has 7 heteroatoms. The van der Waals surface area contributed by atoms with Crippen molar-refractivity contribution in [1.29, 1.82) is 0 Å². The van der Waals surface area contributed by atoms with Gasteiger partial charge in [-0.25, -0.2) is 4.79 Å². The van der Waals surface area contributed by atoms with Crippen LogP contribution in [0.25, 0.3) is 0 Å². The Hall–Kier alpha value is -1.76. The molecular weight excluding hydrogens is 295 g/mol. The lowest BCUT2D eigenvalue weighted by Crippen LogP contribution is -2.31. The molecule has 1 aliphatic heterocycles. The number of hydrogen-bond acceptors (Lipinski definition) is 2. The van der Waals surface area contributed by atoms with Gasteiger partial charge in [0.2, 0.25) is 0 Å². The molecule has 1 aromatic carbocycles. The van der Waals surface area contributed by atoms with Crippen LogP contribution in [0.1, 0.15) is 24.8 Å². The average molecular weight is 315 g/mol. The smallest absolute Gasteiger partial charge is 0.338 e. The third-order valence-corrected chi connectivity index (χ3v) is 3.61. The van der Waals surface area contributed by atoms with Gasteiger partial charge in [-0.2, -0.15) is 13.2 Å². The molecule has 4 nitrogen and oxygen atoms in total. The van der Waals surface area contributed by atoms with Crippen molar-refractivity contribution >= 4 is 11.7 Å². The van der Waals surface area contributed by atoms with Crippen LogP contribution < -0.4 is 10.6 Å². The van der Waals surface area contributed by atoms with E-state index in [-0.39, 0.29) is 0 Å². The quantitative estimate of drug-likeness (QED) is 0.819. The number of amides is 2. The van der Waals surface area contributed by atoms with Crippen molar-refractivity contribution in [3.05, 3.63) is 29.8 Å². The summed E-state index contributed by atoms with van der Waals surface area (Å²) >= 11 is 0. The van der Waals surface area contributed by atoms with E-state index < -0.39 is 17.8 Å². The van der Waals surface area contributed by atoms with Crippen LogP contribution in [-0.2, 0) is 6.18 Å². The topological polar surface area (TPSA) is 44.4 Å². The highest BCUT2D eigenvalue weighted by molar-refractivity contribution is 5.89. The van der Waals surface area contributed by atoms with E-state index in [0.717, 1.165) is 38.2 Å². The molecule has 0 radical (unpaired) electrons. The maximum Gasteiger partial charge on any atom is 0.416 e. The first kappa shape index (κ1) is 16.6. The summed E-state index contributed by atoms with van der Waals surface area (Å²) in [5, 5.41) is 5.22. The molecule has 1 fully saturated rings. The summed E-state index contributed by atoms with van der Waals surface area (Å²) < 4.78 is 37.2. The summed E-state index contributed by atoms with van der Waals surface area (Å²) in [6.45, 7) is 3.75. The Balaban J connectivity index is 1.68. The number of alkyl halides is 3. The first-order valence-electron chi connectivity index (χ1n) is 7.39. The van der Waals surface area contributed by atoms with E-state index in [0.29, 0.717) is 12.2 Å². The van der Waals surface area contributed by atoms with Crippen LogP contribution in [0.4, 0.5) is 23.7 Å². The standard InChI is InChI=1S/C15H20F3N3O/c16-15(17,18)12-4-6-13(7-5-12)20-14(22)19-8-3-11-21-9-1-2-10-21/h4-7H,1-3,8-11H2,(H2,19,20,22). The van der Waals surface area contributed by atoms with Crippen LogP contribution >= 0.6 is 0 Å². The maximum absolute atomic E-state index is 12.4. The highest BCUT2D eigenvalue weighted by atomic mass is 19.4. The number of halogens is 3. The molecule has 2 rings (SSSR count). The van der Waals surface area contributed by atoms with Gasteiger partial charge in [-0.15, -0.1) is 0 Å². The van der Waals surface area contributed by atoms with E-state index in [4.69, 9.17) is 0 Å². The number of hydrogen-bond donors (Lipinski definition) is 2. The van der Waals surface area contributed by atoms with Crippen LogP contribution in [0, 0.1) is 0 Å². The van der Waals surface area contributed by atoms with Crippen molar-refractivity contribution in [3.63, 3.8) is 0 Å². The first-order valence-corrected chi connectivity index (χ1v) is 7.39. The summed E-state index contributed by atoms with van der Waals surface area (Å²) in [4.78, 5) is 14.0. The third-order valence-electron chi connectivity index (χ3n) is 3.61. The summed E-state index contributed by atoms with van der Waals surface area (Å²) in [7, 11) is 0. The number of nitrogens with zero attached hydrogens (tertiary/aromatic N) is 1. The van der Waals surface area contributed by atoms with E-state index in [2.05, 4.69) is 15.5 Å². The SMILES string of the molecule is O=C(NCCCN1CCCC1)Nc1ccc(C(F)(F)F)cc1. The lowest BCUT2D eigenvalue weighted by Gasteiger charge is -2.14. The summed E-state index contributed by atoms with van der Waals surface area (Å²) in [5.74, 6) is 0. The number of benzene rings is 1. The Kier molecular flexibility index (Phi) is 5.65. The van der Waals surface area contributed by atoms with Gasteiger partial charge in [0.15, 0.2) is 0 Å². The summed E-state index contributed by atoms with van der Waals surface area (Å²) in [6, 6.07) is 3.98. The summed E-state index contributed by atoms with van der Waals surface area (Å²) in [5.41, 5.74) is -0.394. The predicted molar refractivity (Wildman–Crippen MR) is 78.8 cm³/mol. The van der Waals surface area contributed by atoms with Gasteiger partial charge in [0.25, 0.3) is 0 Å². The number of urea groups is 1. The van der Waals surface area contributed by atoms with Gasteiger partial charge in [-0.05, 0) is 63.2 Å². The van der Waals surface area contributed by atoms with E-state index in [9.17, 15) is 18.0 Å². The van der Waals surface area contributed by atoms with Crippen molar-refractivity contribution in [2.45, 2.75) is 25.4 Å². The zero-order valence-electron chi connectivity index (χ0n) is 12.2. The van der Waals surface area contributed by atoms with E-state index in [1.165, 1.54) is 25.0 Å². The molecule has 0 atom stereocenters. The Labute approximate surface area is 127 Å². The molecule has 22 heavy (non-hydrogen) atoms. The zero-order chi connectivity index (χ0) is 16.0. The van der Waals surface area contributed by atoms with E-state index >= 15 is 0 Å². The second-order valence-corrected chi connectivity index (χ2v) is 5.36. The molecule has 0 bridgehead atoms. The lowest BCUT2D eigenvalue weighted by atomic mass is 10.2. The minimum Gasteiger partial charge on any atom is -0.338 e. The normalized spacial score (nSPS) is 15.8. The second kappa shape index (κ2) is 7.49. The Morgan fingerprint density at radius 1 is 1.14 bits per heavy atom. The molecule has 2 amide bonds. The highest BCUT2D eigenvalue weighted by Crippen LogP contribution is 2.29. The molecule has 1 aliphatic rings. The van der Waals surface area contributed by atoms with Crippen molar-refractivity contribution in [3.8, 4) is 0 Å². The van der Waals surface area contributed by atoms with Crippen molar-refractivity contribution in [2.24, 2.45) is 0 Å². The molecule has 1 heterocycles. The summed E-state index contributed by atoms with van der Waals surface area (Å²) in [6.07, 6.45) is -1.03. The Morgan fingerprint density at radius 2 is 1.77 bits per heavy atom. The van der Waals surface area contributed by atoms with Gasteiger partial charge in [-0.3, -0.25) is 0 Å².